The van der Waals surface area contributed by atoms with E-state index in [0.717, 1.165) is 0 Å². The van der Waals surface area contributed by atoms with Gasteiger partial charge in [-0.05, 0) is 49.2 Å². The van der Waals surface area contributed by atoms with Gasteiger partial charge in [-0.2, -0.15) is 15.0 Å². The van der Waals surface area contributed by atoms with E-state index >= 15 is 0 Å². The minimum Gasteiger partial charge on any atom is -0.495 e. The summed E-state index contributed by atoms with van der Waals surface area (Å²) in [6.07, 6.45) is 1.24. The van der Waals surface area contributed by atoms with Crippen LogP contribution in [-0.4, -0.2) is 51.9 Å². The van der Waals surface area contributed by atoms with Gasteiger partial charge in [0.1, 0.15) is 11.6 Å². The smallest absolute Gasteiger partial charge is 0.311 e. The number of hydrogen-bond donors (Lipinski definition) is 2. The molecule has 0 radical (unpaired) electrons. The van der Waals surface area contributed by atoms with Crippen LogP contribution in [0.2, 0.25) is 0 Å². The molecule has 1 unspecified atom stereocenters. The van der Waals surface area contributed by atoms with E-state index in [1.807, 2.05) is 12.1 Å². The van der Waals surface area contributed by atoms with Gasteiger partial charge >= 0.3 is 5.97 Å². The molecular formula is C24H25FN6O4. The van der Waals surface area contributed by atoms with Crippen LogP contribution in [0.15, 0.2) is 48.5 Å². The first kappa shape index (κ1) is 23.9. The molecule has 11 heteroatoms. The molecule has 182 valence electrons. The summed E-state index contributed by atoms with van der Waals surface area (Å²) in [7, 11) is 1.55. The Labute approximate surface area is 201 Å². The zero-order valence-corrected chi connectivity index (χ0v) is 19.1. The molecule has 3 N–H and O–H groups in total. The molecule has 1 atom stereocenters. The highest BCUT2D eigenvalue weighted by atomic mass is 19.1. The van der Waals surface area contributed by atoms with Crippen LogP contribution >= 0.6 is 0 Å². The summed E-state index contributed by atoms with van der Waals surface area (Å²) in [5, 5.41) is 3.02. The number of para-hydroxylation sites is 2. The molecule has 1 saturated heterocycles. The average molecular weight is 481 g/mol. The van der Waals surface area contributed by atoms with E-state index in [0.29, 0.717) is 36.4 Å². The molecule has 0 bridgehead atoms. The van der Waals surface area contributed by atoms with Crippen LogP contribution in [0.4, 0.5) is 22.0 Å². The molecule has 10 nitrogen and oxygen atoms in total. The highest BCUT2D eigenvalue weighted by Gasteiger charge is 2.30. The first-order valence-corrected chi connectivity index (χ1v) is 11.0. The Kier molecular flexibility index (Phi) is 7.34. The third kappa shape index (κ3) is 5.99. The summed E-state index contributed by atoms with van der Waals surface area (Å²) in [5.41, 5.74) is 6.81. The maximum atomic E-state index is 13.2. The number of esters is 1. The highest BCUT2D eigenvalue weighted by Crippen LogP contribution is 2.26. The Hall–Kier alpha value is -4.28. The van der Waals surface area contributed by atoms with Crippen molar-refractivity contribution in [2.24, 2.45) is 5.92 Å². The van der Waals surface area contributed by atoms with Crippen molar-refractivity contribution in [3.8, 4) is 5.75 Å². The van der Waals surface area contributed by atoms with Crippen molar-refractivity contribution in [3.05, 3.63) is 65.7 Å². The summed E-state index contributed by atoms with van der Waals surface area (Å²) >= 11 is 0. The van der Waals surface area contributed by atoms with E-state index in [4.69, 9.17) is 15.2 Å². The monoisotopic (exact) mass is 480 g/mol. The molecule has 1 amide bonds. The third-order valence-electron chi connectivity index (χ3n) is 5.53. The van der Waals surface area contributed by atoms with E-state index in [9.17, 15) is 14.0 Å². The Morgan fingerprint density at radius 3 is 2.69 bits per heavy atom. The quantitative estimate of drug-likeness (QED) is 0.490. The van der Waals surface area contributed by atoms with E-state index in [1.165, 1.54) is 24.3 Å². The molecule has 4 rings (SSSR count). The van der Waals surface area contributed by atoms with Crippen LogP contribution in [0.5, 0.6) is 5.75 Å². The third-order valence-corrected chi connectivity index (χ3v) is 5.53. The Morgan fingerprint density at radius 2 is 1.91 bits per heavy atom. The molecule has 3 aromatic rings. The lowest BCUT2D eigenvalue weighted by molar-refractivity contribution is -0.151. The summed E-state index contributed by atoms with van der Waals surface area (Å²) < 4.78 is 23.9. The van der Waals surface area contributed by atoms with Crippen LogP contribution < -0.4 is 15.8 Å². The van der Waals surface area contributed by atoms with Crippen LogP contribution in [0, 0.1) is 11.7 Å². The number of carbonyl (C=O) groups is 2. The van der Waals surface area contributed by atoms with Crippen molar-refractivity contribution in [3.63, 3.8) is 0 Å². The first-order valence-electron chi connectivity index (χ1n) is 11.0. The number of nitrogens with zero attached hydrogens (tertiary/aromatic N) is 4. The SMILES string of the molecule is COc1ccccc1Nc1nc(N)nc(COC(=O)C2CCCN(C(=O)c3ccc(F)cc3)C2)n1. The van der Waals surface area contributed by atoms with Gasteiger partial charge < -0.3 is 25.4 Å². The number of methoxy groups -OCH3 is 1. The number of ether oxygens (including phenoxy) is 2. The maximum absolute atomic E-state index is 13.2. The van der Waals surface area contributed by atoms with Gasteiger partial charge in [-0.3, -0.25) is 9.59 Å². The molecule has 1 fully saturated rings. The number of nitrogens with one attached hydrogen (secondary N) is 1. The molecule has 2 aromatic carbocycles. The second-order valence-electron chi connectivity index (χ2n) is 7.96. The maximum Gasteiger partial charge on any atom is 0.311 e. The molecular weight excluding hydrogens is 455 g/mol. The van der Waals surface area contributed by atoms with E-state index in [-0.39, 0.29) is 36.8 Å². The molecule has 2 heterocycles. The number of anilines is 3. The summed E-state index contributed by atoms with van der Waals surface area (Å²) in [6.45, 7) is 0.533. The number of nitrogens with two attached hydrogens (primary N) is 1. The van der Waals surface area contributed by atoms with Crippen LogP contribution in [0.25, 0.3) is 0 Å². The van der Waals surface area contributed by atoms with Crippen molar-refractivity contribution in [1.82, 2.24) is 19.9 Å². The van der Waals surface area contributed by atoms with Gasteiger partial charge in [-0.15, -0.1) is 0 Å². The molecule has 1 aliphatic rings. The minimum atomic E-state index is -0.487. The molecule has 0 saturated carbocycles. The predicted molar refractivity (Wildman–Crippen MR) is 125 cm³/mol. The average Bonchev–Trinajstić information content (AvgIpc) is 2.87. The van der Waals surface area contributed by atoms with Gasteiger partial charge in [0.2, 0.25) is 11.9 Å². The highest BCUT2D eigenvalue weighted by molar-refractivity contribution is 5.94. The van der Waals surface area contributed by atoms with Crippen LogP contribution in [0.1, 0.15) is 29.0 Å². The normalized spacial score (nSPS) is 15.4. The van der Waals surface area contributed by atoms with Gasteiger partial charge in [-0.25, -0.2) is 4.39 Å². The van der Waals surface area contributed by atoms with E-state index in [1.54, 1.807) is 24.1 Å². The fourth-order valence-corrected chi connectivity index (χ4v) is 3.81. The largest absolute Gasteiger partial charge is 0.495 e. The lowest BCUT2D eigenvalue weighted by Crippen LogP contribution is -2.42. The number of likely N-dealkylation sites (tertiary alicyclic amines) is 1. The number of rotatable bonds is 7. The number of amides is 1. The van der Waals surface area contributed by atoms with Gasteiger partial charge in [0.15, 0.2) is 12.4 Å². The van der Waals surface area contributed by atoms with Gasteiger partial charge in [-0.1, -0.05) is 12.1 Å². The topological polar surface area (TPSA) is 133 Å². The second kappa shape index (κ2) is 10.8. The molecule has 0 spiro atoms. The fourth-order valence-electron chi connectivity index (χ4n) is 3.81. The first-order chi connectivity index (χ1) is 16.9. The molecule has 1 aromatic heterocycles. The number of carbonyl (C=O) groups excluding carboxylic acids is 2. The van der Waals surface area contributed by atoms with Crippen molar-refractivity contribution in [2.75, 3.05) is 31.2 Å². The van der Waals surface area contributed by atoms with Gasteiger partial charge in [0.05, 0.1) is 18.7 Å². The summed E-state index contributed by atoms with van der Waals surface area (Å²) in [4.78, 5) is 39.4. The Morgan fingerprint density at radius 1 is 1.14 bits per heavy atom. The standard InChI is InChI=1S/C24H25FN6O4/c1-34-19-7-3-2-6-18(19)27-24-29-20(28-23(26)30-24)14-35-22(33)16-5-4-12-31(13-16)21(32)15-8-10-17(25)11-9-15/h2-3,6-11,16H,4-5,12-14H2,1H3,(H3,26,27,28,29,30). The minimum absolute atomic E-state index is 0.0304. The summed E-state index contributed by atoms with van der Waals surface area (Å²) in [6, 6.07) is 12.6. The second-order valence-corrected chi connectivity index (χ2v) is 7.96. The van der Waals surface area contributed by atoms with Crippen molar-refractivity contribution >= 4 is 29.5 Å². The fraction of sp³-hybridized carbons (Fsp3) is 0.292. The van der Waals surface area contributed by atoms with Crippen molar-refractivity contribution in [2.45, 2.75) is 19.4 Å². The van der Waals surface area contributed by atoms with Crippen LogP contribution in [-0.2, 0) is 16.1 Å². The van der Waals surface area contributed by atoms with E-state index < -0.39 is 17.7 Å². The van der Waals surface area contributed by atoms with Crippen molar-refractivity contribution < 1.29 is 23.5 Å². The van der Waals surface area contributed by atoms with Crippen LogP contribution in [0.3, 0.4) is 0 Å². The predicted octanol–water partition coefficient (Wildman–Crippen LogP) is 2.94. The molecule has 35 heavy (non-hydrogen) atoms. The zero-order chi connectivity index (χ0) is 24.8. The lowest BCUT2D eigenvalue weighted by Gasteiger charge is -2.31. The lowest BCUT2D eigenvalue weighted by atomic mass is 9.97. The van der Waals surface area contributed by atoms with Crippen molar-refractivity contribution in [1.29, 1.82) is 0 Å². The zero-order valence-electron chi connectivity index (χ0n) is 19.1. The van der Waals surface area contributed by atoms with Gasteiger partial charge in [0, 0.05) is 18.7 Å². The Balaban J connectivity index is 1.37. The number of halogens is 1. The van der Waals surface area contributed by atoms with Gasteiger partial charge in [0.25, 0.3) is 5.91 Å². The summed E-state index contributed by atoms with van der Waals surface area (Å²) in [5.74, 6) is -0.686. The number of aromatic nitrogens is 3. The molecule has 1 aliphatic heterocycles. The van der Waals surface area contributed by atoms with E-state index in [2.05, 4.69) is 20.3 Å². The number of nitrogen functional groups attached to an aromatic ring is 1. The number of piperidine rings is 1. The number of benzene rings is 2. The Bertz CT molecular complexity index is 1210. The number of hydrogen-bond acceptors (Lipinski definition) is 9. The molecule has 0 aliphatic carbocycles.